The van der Waals surface area contributed by atoms with Crippen LogP contribution in [-0.4, -0.2) is 41.3 Å². The van der Waals surface area contributed by atoms with Crippen molar-refractivity contribution < 1.29 is 27.4 Å². The minimum Gasteiger partial charge on any atom is -0.495 e. The van der Waals surface area contributed by atoms with Crippen LogP contribution >= 0.6 is 0 Å². The number of aryl methyl sites for hydroxylation is 2. The van der Waals surface area contributed by atoms with Gasteiger partial charge >= 0.3 is 0 Å². The van der Waals surface area contributed by atoms with Crippen molar-refractivity contribution in [2.24, 2.45) is 5.10 Å². The van der Waals surface area contributed by atoms with Crippen molar-refractivity contribution in [2.45, 2.75) is 25.3 Å². The number of hydrogen-bond donors (Lipinski definition) is 1. The lowest BCUT2D eigenvalue weighted by Gasteiger charge is -2.25. The number of benzene rings is 4. The van der Waals surface area contributed by atoms with E-state index in [1.54, 1.807) is 48.5 Å². The molecular weight excluding hydrogens is 554 g/mol. The Bertz CT molecular complexity index is 1660. The third-order valence-electron chi connectivity index (χ3n) is 6.33. The maximum atomic E-state index is 13.7. The topological polar surface area (TPSA) is 107 Å². The summed E-state index contributed by atoms with van der Waals surface area (Å²) in [5.41, 5.74) is 6.05. The molecule has 9 nitrogen and oxygen atoms in total. The smallest absolute Gasteiger partial charge is 0.264 e. The zero-order valence-corrected chi connectivity index (χ0v) is 24.7. The van der Waals surface area contributed by atoms with Crippen LogP contribution < -0.4 is 23.9 Å². The van der Waals surface area contributed by atoms with Gasteiger partial charge in [0.15, 0.2) is 11.5 Å². The summed E-state index contributed by atoms with van der Waals surface area (Å²) < 4.78 is 45.3. The van der Waals surface area contributed by atoms with E-state index >= 15 is 0 Å². The Hall–Kier alpha value is -4.83. The van der Waals surface area contributed by atoms with Gasteiger partial charge in [0.25, 0.3) is 15.9 Å². The number of ether oxygens (including phenoxy) is 3. The Morgan fingerprint density at radius 2 is 1.50 bits per heavy atom. The number of carbonyl (C=O) groups excluding carboxylic acids is 1. The number of amides is 1. The summed E-state index contributed by atoms with van der Waals surface area (Å²) in [5.74, 6) is 0.740. The highest BCUT2D eigenvalue weighted by atomic mass is 32.2. The molecule has 0 saturated heterocycles. The zero-order chi connectivity index (χ0) is 30.1. The molecule has 4 aromatic carbocycles. The monoisotopic (exact) mass is 587 g/mol. The van der Waals surface area contributed by atoms with Crippen LogP contribution in [0.5, 0.6) is 17.2 Å². The van der Waals surface area contributed by atoms with E-state index in [0.717, 1.165) is 21.0 Å². The lowest BCUT2D eigenvalue weighted by molar-refractivity contribution is -0.119. The molecule has 218 valence electrons. The summed E-state index contributed by atoms with van der Waals surface area (Å²) in [6.07, 6.45) is 1.44. The van der Waals surface area contributed by atoms with Gasteiger partial charge in [-0.3, -0.25) is 9.10 Å². The summed E-state index contributed by atoms with van der Waals surface area (Å²) in [5, 5.41) is 4.04. The molecule has 10 heteroatoms. The van der Waals surface area contributed by atoms with E-state index in [1.165, 1.54) is 32.6 Å². The van der Waals surface area contributed by atoms with Gasteiger partial charge in [-0.1, -0.05) is 54.1 Å². The number of hydrogen-bond acceptors (Lipinski definition) is 7. The summed E-state index contributed by atoms with van der Waals surface area (Å²) in [4.78, 5) is 13.1. The number of rotatable bonds is 12. The van der Waals surface area contributed by atoms with Crippen molar-refractivity contribution in [1.29, 1.82) is 0 Å². The average Bonchev–Trinajstić information content (AvgIpc) is 2.99. The second-order valence-electron chi connectivity index (χ2n) is 9.48. The first-order chi connectivity index (χ1) is 20.2. The molecule has 0 aliphatic rings. The number of nitrogens with one attached hydrogen (secondary N) is 1. The quantitative estimate of drug-likeness (QED) is 0.179. The van der Waals surface area contributed by atoms with E-state index in [9.17, 15) is 13.2 Å². The largest absolute Gasteiger partial charge is 0.495 e. The van der Waals surface area contributed by atoms with Crippen molar-refractivity contribution in [3.8, 4) is 17.2 Å². The van der Waals surface area contributed by atoms with E-state index in [-0.39, 0.29) is 10.6 Å². The molecule has 4 aromatic rings. The van der Waals surface area contributed by atoms with Gasteiger partial charge in [-0.15, -0.1) is 0 Å². The molecule has 42 heavy (non-hydrogen) atoms. The molecule has 0 bridgehead atoms. The second kappa shape index (κ2) is 13.7. The lowest BCUT2D eigenvalue weighted by Crippen LogP contribution is -2.39. The van der Waals surface area contributed by atoms with Gasteiger partial charge in [0.05, 0.1) is 31.0 Å². The molecule has 0 fully saturated rings. The molecular formula is C32H33N3O6S. The lowest BCUT2D eigenvalue weighted by atomic mass is 10.2. The molecule has 1 amide bonds. The molecule has 0 unspecified atom stereocenters. The van der Waals surface area contributed by atoms with Crippen molar-refractivity contribution in [3.63, 3.8) is 0 Å². The molecule has 1 N–H and O–H groups in total. The van der Waals surface area contributed by atoms with Crippen LogP contribution in [0.25, 0.3) is 0 Å². The zero-order valence-electron chi connectivity index (χ0n) is 23.9. The fourth-order valence-electron chi connectivity index (χ4n) is 4.10. The third-order valence-corrected chi connectivity index (χ3v) is 8.10. The number of nitrogens with zero attached hydrogens (tertiary/aromatic N) is 2. The maximum absolute atomic E-state index is 13.7. The number of carbonyl (C=O) groups is 1. The van der Waals surface area contributed by atoms with Crippen LogP contribution in [-0.2, 0) is 21.4 Å². The number of methoxy groups -OCH3 is 2. The van der Waals surface area contributed by atoms with Crippen LogP contribution in [0.1, 0.15) is 22.3 Å². The summed E-state index contributed by atoms with van der Waals surface area (Å²) >= 11 is 0. The first kappa shape index (κ1) is 30.1. The molecule has 0 spiro atoms. The van der Waals surface area contributed by atoms with E-state index < -0.39 is 22.5 Å². The van der Waals surface area contributed by atoms with E-state index in [1.807, 2.05) is 44.2 Å². The summed E-state index contributed by atoms with van der Waals surface area (Å²) in [6.45, 7) is 3.55. The Kier molecular flexibility index (Phi) is 9.82. The fraction of sp³-hybridized carbons (Fsp3) is 0.188. The molecule has 4 rings (SSSR count). The van der Waals surface area contributed by atoms with Crippen molar-refractivity contribution in [1.82, 2.24) is 5.43 Å². The third kappa shape index (κ3) is 7.46. The highest BCUT2D eigenvalue weighted by Crippen LogP contribution is 2.33. The van der Waals surface area contributed by atoms with Gasteiger partial charge in [0.2, 0.25) is 0 Å². The van der Waals surface area contributed by atoms with Crippen LogP contribution in [0.3, 0.4) is 0 Å². The van der Waals surface area contributed by atoms with Crippen LogP contribution in [0.2, 0.25) is 0 Å². The Morgan fingerprint density at radius 3 is 2.19 bits per heavy atom. The molecule has 0 aliphatic heterocycles. The molecule has 0 atom stereocenters. The predicted octanol–water partition coefficient (Wildman–Crippen LogP) is 5.25. The molecule has 0 aliphatic carbocycles. The van der Waals surface area contributed by atoms with Crippen LogP contribution in [0, 0.1) is 13.8 Å². The van der Waals surface area contributed by atoms with Crippen molar-refractivity contribution >= 4 is 27.8 Å². The number of sulfonamides is 1. The van der Waals surface area contributed by atoms with E-state index in [4.69, 9.17) is 14.2 Å². The van der Waals surface area contributed by atoms with Crippen LogP contribution in [0.15, 0.2) is 101 Å². The first-order valence-electron chi connectivity index (χ1n) is 13.1. The molecule has 0 radical (unpaired) electrons. The molecule has 0 saturated carbocycles. The first-order valence-corrected chi connectivity index (χ1v) is 14.6. The average molecular weight is 588 g/mol. The maximum Gasteiger partial charge on any atom is 0.264 e. The standard InChI is InChI=1S/C32H33N3O6S/c1-23-10-14-27(15-11-23)42(37,38)35(28-18-24(2)12-16-29(28)39-3)21-32(36)34-33-20-26-13-17-30(31(19-26)40-4)41-22-25-8-6-5-7-9-25/h5-20H,21-22H2,1-4H3,(H,34,36)/b33-20-. The highest BCUT2D eigenvalue weighted by Gasteiger charge is 2.29. The fourth-order valence-corrected chi connectivity index (χ4v) is 5.52. The second-order valence-corrected chi connectivity index (χ2v) is 11.3. The van der Waals surface area contributed by atoms with Gasteiger partial charge < -0.3 is 14.2 Å². The predicted molar refractivity (Wildman–Crippen MR) is 163 cm³/mol. The van der Waals surface area contributed by atoms with Crippen molar-refractivity contribution in [3.05, 3.63) is 113 Å². The number of anilines is 1. The van der Waals surface area contributed by atoms with Crippen molar-refractivity contribution in [2.75, 3.05) is 25.1 Å². The van der Waals surface area contributed by atoms with Gasteiger partial charge in [0, 0.05) is 0 Å². The molecule has 0 aromatic heterocycles. The SMILES string of the molecule is COc1cc(/C=N\NC(=O)CN(c2cc(C)ccc2OC)S(=O)(=O)c2ccc(C)cc2)ccc1OCc1ccccc1. The van der Waals surface area contributed by atoms with E-state index in [0.29, 0.717) is 29.4 Å². The summed E-state index contributed by atoms with van der Waals surface area (Å²) in [7, 11) is -1.14. The van der Waals surface area contributed by atoms with Gasteiger partial charge in [0.1, 0.15) is 18.9 Å². The summed E-state index contributed by atoms with van der Waals surface area (Å²) in [6, 6.07) is 26.6. The van der Waals surface area contributed by atoms with Crippen LogP contribution in [0.4, 0.5) is 5.69 Å². The minimum absolute atomic E-state index is 0.0506. The normalized spacial score (nSPS) is 11.2. The highest BCUT2D eigenvalue weighted by molar-refractivity contribution is 7.92. The van der Waals surface area contributed by atoms with Gasteiger partial charge in [-0.2, -0.15) is 5.10 Å². The Balaban J connectivity index is 1.51. The number of hydrazone groups is 1. The Labute approximate surface area is 246 Å². The van der Waals surface area contributed by atoms with Gasteiger partial charge in [-0.05, 0) is 73.0 Å². The van der Waals surface area contributed by atoms with E-state index in [2.05, 4.69) is 10.5 Å². The molecule has 0 heterocycles. The minimum atomic E-state index is -4.12. The Morgan fingerprint density at radius 1 is 0.833 bits per heavy atom. The van der Waals surface area contributed by atoms with Gasteiger partial charge in [-0.25, -0.2) is 13.8 Å².